The lowest BCUT2D eigenvalue weighted by Crippen LogP contribution is -2.49. The van der Waals surface area contributed by atoms with Crippen LogP contribution in [-0.4, -0.2) is 26.4 Å². The maximum Gasteiger partial charge on any atom is 0.316 e. The van der Waals surface area contributed by atoms with Crippen LogP contribution in [0.25, 0.3) is 0 Å². The Hall–Kier alpha value is -0.613. The minimum absolute atomic E-state index is 0.151. The van der Waals surface area contributed by atoms with Crippen molar-refractivity contribution in [1.82, 2.24) is 0 Å². The molecule has 3 nitrogen and oxygen atoms in total. The van der Waals surface area contributed by atoms with E-state index in [0.717, 1.165) is 0 Å². The minimum atomic E-state index is -1.05. The van der Waals surface area contributed by atoms with Gasteiger partial charge in [-0.15, -0.1) is 6.58 Å². The molecule has 0 fully saturated rings. The molecule has 0 rings (SSSR count). The molecule has 0 unspecified atom stereocenters. The summed E-state index contributed by atoms with van der Waals surface area (Å²) in [5.41, 5.74) is -1.77. The zero-order valence-electron chi connectivity index (χ0n) is 11.3. The molecule has 0 aromatic carbocycles. The van der Waals surface area contributed by atoms with Crippen molar-refractivity contribution in [2.45, 2.75) is 52.2 Å². The largest absolute Gasteiger partial charge is 0.481 e. The third-order valence-corrected chi connectivity index (χ3v) is 4.70. The zero-order chi connectivity index (χ0) is 13.2. The Kier molecular flexibility index (Phi) is 4.53. The highest BCUT2D eigenvalue weighted by molar-refractivity contribution is 6.31. The first-order chi connectivity index (χ1) is 6.96. The predicted molar refractivity (Wildman–Crippen MR) is 69.4 cm³/mol. The van der Waals surface area contributed by atoms with Gasteiger partial charge in [-0.2, -0.15) is 0 Å². The molecule has 0 aliphatic rings. The summed E-state index contributed by atoms with van der Waals surface area (Å²) in [5.74, 6) is -0.893. The van der Waals surface area contributed by atoms with E-state index in [4.69, 9.17) is 4.43 Å². The highest BCUT2D eigenvalue weighted by Crippen LogP contribution is 2.37. The van der Waals surface area contributed by atoms with E-state index < -0.39 is 26.7 Å². The van der Waals surface area contributed by atoms with E-state index >= 15 is 0 Å². The quantitative estimate of drug-likeness (QED) is 0.596. The average Bonchev–Trinajstić information content (AvgIpc) is 2.12. The second-order valence-corrected chi connectivity index (χ2v) is 8.77. The van der Waals surface area contributed by atoms with E-state index in [1.54, 1.807) is 6.92 Å². The molecule has 94 valence electrons. The first-order valence-electron chi connectivity index (χ1n) is 5.47. The Morgan fingerprint density at radius 2 is 1.69 bits per heavy atom. The third kappa shape index (κ3) is 3.45. The number of carboxylic acid groups (broad SMARTS) is 1. The van der Waals surface area contributed by atoms with E-state index in [1.165, 1.54) is 6.08 Å². The molecule has 4 heteroatoms. The molecule has 0 spiro atoms. The summed E-state index contributed by atoms with van der Waals surface area (Å²) in [7, 11) is -0.787. The van der Waals surface area contributed by atoms with Gasteiger partial charge < -0.3 is 9.53 Å². The number of hydrogen-bond acceptors (Lipinski definition) is 2. The van der Waals surface area contributed by atoms with Gasteiger partial charge in [-0.25, -0.2) is 0 Å². The summed E-state index contributed by atoms with van der Waals surface area (Å²) in [6.07, 6.45) is 1.46. The molecule has 0 amide bonds. The molecule has 1 atom stereocenters. The molecule has 1 N–H and O–H groups in total. The first kappa shape index (κ1) is 15.4. The summed E-state index contributed by atoms with van der Waals surface area (Å²) in [6.45, 7) is 15.3. The fourth-order valence-electron chi connectivity index (χ4n) is 1.14. The Morgan fingerprint density at radius 3 is 1.94 bits per heavy atom. The molecule has 0 saturated carbocycles. The van der Waals surface area contributed by atoms with Crippen molar-refractivity contribution < 1.29 is 14.3 Å². The third-order valence-electron chi connectivity index (χ3n) is 2.97. The summed E-state index contributed by atoms with van der Waals surface area (Å²) in [5, 5.41) is 9.41. The van der Waals surface area contributed by atoms with Crippen molar-refractivity contribution in [3.63, 3.8) is 0 Å². The SMILES string of the molecule is C=C[C@@](C)(C(=O)O)C(C)(C)O[SiH2]C(C)(C)C. The number of aliphatic carboxylic acids is 1. The van der Waals surface area contributed by atoms with Crippen molar-refractivity contribution in [2.24, 2.45) is 5.41 Å². The second-order valence-electron chi connectivity index (χ2n) is 6.07. The van der Waals surface area contributed by atoms with Gasteiger partial charge in [0.15, 0.2) is 9.76 Å². The van der Waals surface area contributed by atoms with Crippen molar-refractivity contribution in [3.8, 4) is 0 Å². The number of hydrogen-bond donors (Lipinski definition) is 1. The van der Waals surface area contributed by atoms with Gasteiger partial charge in [-0.3, -0.25) is 4.79 Å². The Morgan fingerprint density at radius 1 is 1.25 bits per heavy atom. The van der Waals surface area contributed by atoms with Gasteiger partial charge in [0, 0.05) is 0 Å². The Bertz CT molecular complexity index is 278. The van der Waals surface area contributed by atoms with Crippen LogP contribution in [0.3, 0.4) is 0 Å². The van der Waals surface area contributed by atoms with E-state index in [9.17, 15) is 9.90 Å². The van der Waals surface area contributed by atoms with Crippen molar-refractivity contribution in [2.75, 3.05) is 0 Å². The molecule has 0 aliphatic carbocycles. The second kappa shape index (κ2) is 4.71. The van der Waals surface area contributed by atoms with E-state index in [1.807, 2.05) is 13.8 Å². The van der Waals surface area contributed by atoms with Gasteiger partial charge in [0.2, 0.25) is 0 Å². The number of rotatable bonds is 5. The molecule has 0 aromatic heterocycles. The van der Waals surface area contributed by atoms with Gasteiger partial charge >= 0.3 is 5.97 Å². The van der Waals surface area contributed by atoms with Crippen LogP contribution in [0.2, 0.25) is 5.04 Å². The molecule has 0 radical (unpaired) electrons. The molecule has 16 heavy (non-hydrogen) atoms. The van der Waals surface area contributed by atoms with Crippen LogP contribution in [0.5, 0.6) is 0 Å². The standard InChI is InChI=1S/C12H24O3Si/c1-8-12(7,9(13)14)11(5,6)15-16-10(2,3)4/h8H,1,16H2,2-7H3,(H,13,14)/t12-/m0/s1. The lowest BCUT2D eigenvalue weighted by Gasteiger charge is -2.40. The van der Waals surface area contributed by atoms with Gasteiger partial charge in [0.25, 0.3) is 0 Å². The minimum Gasteiger partial charge on any atom is -0.481 e. The summed E-state index contributed by atoms with van der Waals surface area (Å²) >= 11 is 0. The van der Waals surface area contributed by atoms with E-state index in [0.29, 0.717) is 0 Å². The molecule has 0 bridgehead atoms. The van der Waals surface area contributed by atoms with Crippen LogP contribution in [0.15, 0.2) is 12.7 Å². The van der Waals surface area contributed by atoms with Gasteiger partial charge in [-0.05, 0) is 25.8 Å². The van der Waals surface area contributed by atoms with E-state index in [2.05, 4.69) is 27.4 Å². The molecule has 0 heterocycles. The Labute approximate surface area is 101 Å². The van der Waals surface area contributed by atoms with Crippen molar-refractivity contribution in [1.29, 1.82) is 0 Å². The number of carbonyl (C=O) groups is 1. The predicted octanol–water partition coefficient (Wildman–Crippen LogP) is 2.36. The van der Waals surface area contributed by atoms with Gasteiger partial charge in [0.1, 0.15) is 5.41 Å². The van der Waals surface area contributed by atoms with Gasteiger partial charge in [0.05, 0.1) is 5.60 Å². The van der Waals surface area contributed by atoms with Crippen molar-refractivity contribution in [3.05, 3.63) is 12.7 Å². The number of carboxylic acids is 1. The lowest BCUT2D eigenvalue weighted by molar-refractivity contribution is -0.154. The van der Waals surface area contributed by atoms with E-state index in [-0.39, 0.29) is 5.04 Å². The topological polar surface area (TPSA) is 46.5 Å². The van der Waals surface area contributed by atoms with Gasteiger partial charge in [-0.1, -0.05) is 26.8 Å². The van der Waals surface area contributed by atoms with Crippen LogP contribution in [0.4, 0.5) is 0 Å². The van der Waals surface area contributed by atoms with Crippen molar-refractivity contribution >= 4 is 15.7 Å². The van der Waals surface area contributed by atoms with Crippen LogP contribution in [-0.2, 0) is 9.22 Å². The summed E-state index contributed by atoms with van der Waals surface area (Å²) in [4.78, 5) is 11.3. The van der Waals surface area contributed by atoms with Crippen LogP contribution in [0.1, 0.15) is 41.5 Å². The first-order valence-corrected chi connectivity index (χ1v) is 6.76. The molecule has 0 aromatic rings. The maximum atomic E-state index is 11.3. The monoisotopic (exact) mass is 244 g/mol. The van der Waals surface area contributed by atoms with Crippen LogP contribution < -0.4 is 0 Å². The fraction of sp³-hybridized carbons (Fsp3) is 0.750. The highest BCUT2D eigenvalue weighted by atomic mass is 28.2. The lowest BCUT2D eigenvalue weighted by atomic mass is 9.76. The summed E-state index contributed by atoms with van der Waals surface area (Å²) in [6, 6.07) is 0. The normalized spacial score (nSPS) is 17.4. The fourth-order valence-corrected chi connectivity index (χ4v) is 2.23. The van der Waals surface area contributed by atoms with Crippen LogP contribution >= 0.6 is 0 Å². The molecular weight excluding hydrogens is 220 g/mol. The van der Waals surface area contributed by atoms with Crippen LogP contribution in [0, 0.1) is 5.41 Å². The highest BCUT2D eigenvalue weighted by Gasteiger charge is 2.46. The zero-order valence-corrected chi connectivity index (χ0v) is 12.7. The maximum absolute atomic E-state index is 11.3. The molecular formula is C12H24O3Si. The molecule has 0 aliphatic heterocycles. The average molecular weight is 244 g/mol. The summed E-state index contributed by atoms with van der Waals surface area (Å²) < 4.78 is 5.90. The Balaban J connectivity index is 4.89. The molecule has 0 saturated heterocycles. The smallest absolute Gasteiger partial charge is 0.316 e.